The van der Waals surface area contributed by atoms with Crippen LogP contribution in [0.25, 0.3) is 0 Å². The first-order valence-electron chi connectivity index (χ1n) is 5.04. The third-order valence-electron chi connectivity index (χ3n) is 2.30. The first-order valence-corrected chi connectivity index (χ1v) is 5.04. The quantitative estimate of drug-likeness (QED) is 0.823. The van der Waals surface area contributed by atoms with Gasteiger partial charge in [-0.15, -0.1) is 0 Å². The van der Waals surface area contributed by atoms with E-state index in [1.165, 1.54) is 12.1 Å². The molecule has 0 radical (unpaired) electrons. The average Bonchev–Trinajstić information content (AvgIpc) is 2.20. The van der Waals surface area contributed by atoms with Crippen molar-refractivity contribution in [2.24, 2.45) is 11.7 Å². The van der Waals surface area contributed by atoms with Gasteiger partial charge in [0.1, 0.15) is 5.82 Å². The number of benzene rings is 1. The zero-order valence-corrected chi connectivity index (χ0v) is 9.03. The minimum atomic E-state index is -0.490. The van der Waals surface area contributed by atoms with Crippen molar-refractivity contribution in [3.63, 3.8) is 0 Å². The zero-order chi connectivity index (χ0) is 11.4. The molecule has 1 rings (SSSR count). The molecular formula is C12H16FNO. The van der Waals surface area contributed by atoms with Gasteiger partial charge in [-0.1, -0.05) is 26.0 Å². The normalized spacial score (nSPS) is 12.9. The fourth-order valence-corrected chi connectivity index (χ4v) is 1.40. The summed E-state index contributed by atoms with van der Waals surface area (Å²) in [6.45, 7) is 3.65. The van der Waals surface area contributed by atoms with Crippen LogP contribution in [0.3, 0.4) is 0 Å². The first kappa shape index (κ1) is 11.9. The Kier molecular flexibility index (Phi) is 3.97. The summed E-state index contributed by atoms with van der Waals surface area (Å²) in [4.78, 5) is 11.5. The van der Waals surface area contributed by atoms with Crippen LogP contribution in [0, 0.1) is 11.7 Å². The van der Waals surface area contributed by atoms with Crippen LogP contribution in [-0.4, -0.2) is 11.8 Å². The van der Waals surface area contributed by atoms with E-state index >= 15 is 0 Å². The van der Waals surface area contributed by atoms with Gasteiger partial charge < -0.3 is 5.73 Å². The highest BCUT2D eigenvalue weighted by Gasteiger charge is 2.16. The Hall–Kier alpha value is -1.22. The summed E-state index contributed by atoms with van der Waals surface area (Å²) in [5.74, 6) is -0.290. The van der Waals surface area contributed by atoms with Crippen LogP contribution in [0.1, 0.15) is 19.4 Å². The fraction of sp³-hybridized carbons (Fsp3) is 0.417. The molecule has 0 heterocycles. The minimum Gasteiger partial charge on any atom is -0.321 e. The first-order chi connectivity index (χ1) is 7.00. The zero-order valence-electron chi connectivity index (χ0n) is 9.03. The van der Waals surface area contributed by atoms with Gasteiger partial charge in [0.2, 0.25) is 0 Å². The lowest BCUT2D eigenvalue weighted by Gasteiger charge is -2.12. The lowest BCUT2D eigenvalue weighted by atomic mass is 9.97. The predicted molar refractivity (Wildman–Crippen MR) is 57.9 cm³/mol. The monoisotopic (exact) mass is 209 g/mol. The second-order valence-corrected chi connectivity index (χ2v) is 3.99. The van der Waals surface area contributed by atoms with E-state index in [0.717, 1.165) is 5.56 Å². The smallest absolute Gasteiger partial charge is 0.152 e. The van der Waals surface area contributed by atoms with E-state index in [1.54, 1.807) is 12.1 Å². The van der Waals surface area contributed by atoms with Crippen molar-refractivity contribution in [1.82, 2.24) is 0 Å². The number of ketones is 1. The summed E-state index contributed by atoms with van der Waals surface area (Å²) < 4.78 is 12.6. The molecular weight excluding hydrogens is 193 g/mol. The Morgan fingerprint density at radius 3 is 2.33 bits per heavy atom. The third kappa shape index (κ3) is 3.44. The molecule has 1 aromatic rings. The summed E-state index contributed by atoms with van der Waals surface area (Å²) in [6.07, 6.45) is 0.470. The van der Waals surface area contributed by atoms with Crippen LogP contribution < -0.4 is 5.73 Å². The molecule has 0 aromatic heterocycles. The topological polar surface area (TPSA) is 43.1 Å². The molecule has 1 unspecified atom stereocenters. The van der Waals surface area contributed by atoms with Gasteiger partial charge in [-0.25, -0.2) is 4.39 Å². The Labute approximate surface area is 89.3 Å². The third-order valence-corrected chi connectivity index (χ3v) is 2.30. The summed E-state index contributed by atoms with van der Waals surface area (Å²) >= 11 is 0. The molecule has 0 aliphatic rings. The summed E-state index contributed by atoms with van der Waals surface area (Å²) in [7, 11) is 0. The molecule has 15 heavy (non-hydrogen) atoms. The predicted octanol–water partition coefficient (Wildman–Crippen LogP) is 1.92. The van der Waals surface area contributed by atoms with Crippen molar-refractivity contribution in [2.45, 2.75) is 26.3 Å². The Morgan fingerprint density at radius 2 is 1.87 bits per heavy atom. The number of hydrogen-bond donors (Lipinski definition) is 1. The van der Waals surface area contributed by atoms with E-state index in [2.05, 4.69) is 0 Å². The number of nitrogens with two attached hydrogens (primary N) is 1. The summed E-state index contributed by atoms with van der Waals surface area (Å²) in [5.41, 5.74) is 6.63. The van der Waals surface area contributed by atoms with Crippen molar-refractivity contribution < 1.29 is 9.18 Å². The Balaban J connectivity index is 2.62. The molecule has 0 spiro atoms. The Morgan fingerprint density at radius 1 is 1.33 bits per heavy atom. The summed E-state index contributed by atoms with van der Waals surface area (Å²) in [5, 5.41) is 0. The van der Waals surface area contributed by atoms with Gasteiger partial charge in [0.05, 0.1) is 6.04 Å². The average molecular weight is 209 g/mol. The molecule has 3 heteroatoms. The van der Waals surface area contributed by atoms with Gasteiger partial charge in [-0.05, 0) is 24.1 Å². The molecule has 0 bridgehead atoms. The standard InChI is InChI=1S/C12H16FNO/c1-8(2)12(15)11(14)7-9-3-5-10(13)6-4-9/h3-6,8,11H,7,14H2,1-2H3. The fourth-order valence-electron chi connectivity index (χ4n) is 1.40. The molecule has 0 saturated carbocycles. The van der Waals surface area contributed by atoms with Crippen LogP contribution in [0.2, 0.25) is 0 Å². The number of Topliss-reactive ketones (excluding diaryl/α,β-unsaturated/α-hetero) is 1. The van der Waals surface area contributed by atoms with Crippen LogP contribution in [0.15, 0.2) is 24.3 Å². The van der Waals surface area contributed by atoms with Crippen molar-refractivity contribution in [1.29, 1.82) is 0 Å². The van der Waals surface area contributed by atoms with E-state index in [0.29, 0.717) is 6.42 Å². The molecule has 1 atom stereocenters. The maximum absolute atomic E-state index is 12.6. The maximum atomic E-state index is 12.6. The second kappa shape index (κ2) is 5.03. The van der Waals surface area contributed by atoms with E-state index in [1.807, 2.05) is 13.8 Å². The van der Waals surface area contributed by atoms with E-state index in [-0.39, 0.29) is 17.5 Å². The van der Waals surface area contributed by atoms with Crippen LogP contribution in [0.5, 0.6) is 0 Å². The van der Waals surface area contributed by atoms with Crippen LogP contribution in [-0.2, 0) is 11.2 Å². The molecule has 82 valence electrons. The SMILES string of the molecule is CC(C)C(=O)C(N)Cc1ccc(F)cc1. The highest BCUT2D eigenvalue weighted by atomic mass is 19.1. The van der Waals surface area contributed by atoms with Crippen LogP contribution in [0.4, 0.5) is 4.39 Å². The van der Waals surface area contributed by atoms with E-state index < -0.39 is 6.04 Å². The molecule has 1 aromatic carbocycles. The molecule has 0 fully saturated rings. The van der Waals surface area contributed by atoms with E-state index in [4.69, 9.17) is 5.73 Å². The van der Waals surface area contributed by atoms with Gasteiger partial charge in [-0.3, -0.25) is 4.79 Å². The molecule has 2 N–H and O–H groups in total. The van der Waals surface area contributed by atoms with Crippen molar-refractivity contribution >= 4 is 5.78 Å². The lowest BCUT2D eigenvalue weighted by molar-refractivity contribution is -0.123. The molecule has 0 amide bonds. The highest BCUT2D eigenvalue weighted by molar-refractivity contribution is 5.85. The lowest BCUT2D eigenvalue weighted by Crippen LogP contribution is -2.35. The molecule has 2 nitrogen and oxygen atoms in total. The molecule has 0 aliphatic heterocycles. The van der Waals surface area contributed by atoms with Gasteiger partial charge in [-0.2, -0.15) is 0 Å². The van der Waals surface area contributed by atoms with Gasteiger partial charge >= 0.3 is 0 Å². The van der Waals surface area contributed by atoms with E-state index in [9.17, 15) is 9.18 Å². The van der Waals surface area contributed by atoms with Crippen molar-refractivity contribution in [3.05, 3.63) is 35.6 Å². The second-order valence-electron chi connectivity index (χ2n) is 3.99. The molecule has 0 aliphatic carbocycles. The molecule has 0 saturated heterocycles. The largest absolute Gasteiger partial charge is 0.321 e. The summed E-state index contributed by atoms with van der Waals surface area (Å²) in [6, 6.07) is 5.57. The van der Waals surface area contributed by atoms with Crippen molar-refractivity contribution in [3.8, 4) is 0 Å². The number of hydrogen-bond acceptors (Lipinski definition) is 2. The van der Waals surface area contributed by atoms with Gasteiger partial charge in [0, 0.05) is 5.92 Å². The number of rotatable bonds is 4. The minimum absolute atomic E-state index is 0.0410. The van der Waals surface area contributed by atoms with Crippen molar-refractivity contribution in [2.75, 3.05) is 0 Å². The number of carbonyl (C=O) groups is 1. The highest BCUT2D eigenvalue weighted by Crippen LogP contribution is 2.07. The van der Waals surface area contributed by atoms with Crippen LogP contribution >= 0.6 is 0 Å². The van der Waals surface area contributed by atoms with Gasteiger partial charge in [0.25, 0.3) is 0 Å². The number of carbonyl (C=O) groups excluding carboxylic acids is 1. The number of halogens is 1. The van der Waals surface area contributed by atoms with Gasteiger partial charge in [0.15, 0.2) is 5.78 Å². The maximum Gasteiger partial charge on any atom is 0.152 e. The Bertz CT molecular complexity index is 332.